The van der Waals surface area contributed by atoms with Crippen molar-refractivity contribution in [1.29, 1.82) is 0 Å². The van der Waals surface area contributed by atoms with Gasteiger partial charge in [0.2, 0.25) is 5.91 Å². The van der Waals surface area contributed by atoms with Gasteiger partial charge in [-0.05, 0) is 24.1 Å². The maximum absolute atomic E-state index is 12.2. The highest BCUT2D eigenvalue weighted by molar-refractivity contribution is 5.78. The minimum atomic E-state index is 0.153. The molecule has 1 saturated heterocycles. The van der Waals surface area contributed by atoms with Crippen LogP contribution in [0.4, 0.5) is 0 Å². The molecule has 1 aromatic carbocycles. The summed E-state index contributed by atoms with van der Waals surface area (Å²) < 4.78 is 5.03. The summed E-state index contributed by atoms with van der Waals surface area (Å²) in [4.78, 5) is 16.2. The number of hydrogen-bond acceptors (Lipinski definition) is 4. The SMILES string of the molecule is COCCN1CCCN(Cc2cccc(O)c2)CC1=O. The van der Waals surface area contributed by atoms with Crippen LogP contribution in [0.3, 0.4) is 0 Å². The summed E-state index contributed by atoms with van der Waals surface area (Å²) in [6.45, 7) is 4.05. The lowest BCUT2D eigenvalue weighted by Crippen LogP contribution is -2.38. The lowest BCUT2D eigenvalue weighted by atomic mass is 10.2. The first kappa shape index (κ1) is 14.8. The summed E-state index contributed by atoms with van der Waals surface area (Å²) in [5.41, 5.74) is 1.03. The zero-order chi connectivity index (χ0) is 14.4. The van der Waals surface area contributed by atoms with Gasteiger partial charge in [-0.25, -0.2) is 0 Å². The third kappa shape index (κ3) is 4.21. The first-order chi connectivity index (χ1) is 9.69. The number of rotatable bonds is 5. The maximum Gasteiger partial charge on any atom is 0.236 e. The van der Waals surface area contributed by atoms with E-state index < -0.39 is 0 Å². The lowest BCUT2D eigenvalue weighted by molar-refractivity contribution is -0.131. The van der Waals surface area contributed by atoms with Crippen LogP contribution in [0, 0.1) is 0 Å². The number of aromatic hydroxyl groups is 1. The van der Waals surface area contributed by atoms with Gasteiger partial charge in [-0.3, -0.25) is 9.69 Å². The van der Waals surface area contributed by atoms with Crippen molar-refractivity contribution in [1.82, 2.24) is 9.80 Å². The van der Waals surface area contributed by atoms with Crippen LogP contribution in [0.1, 0.15) is 12.0 Å². The molecule has 1 aliphatic heterocycles. The predicted octanol–water partition coefficient (Wildman–Crippen LogP) is 1.07. The number of phenols is 1. The van der Waals surface area contributed by atoms with E-state index >= 15 is 0 Å². The molecule has 1 N–H and O–H groups in total. The smallest absolute Gasteiger partial charge is 0.236 e. The molecule has 5 heteroatoms. The van der Waals surface area contributed by atoms with Crippen molar-refractivity contribution in [2.75, 3.05) is 39.9 Å². The molecule has 1 aromatic rings. The number of amides is 1. The van der Waals surface area contributed by atoms with Gasteiger partial charge in [0.25, 0.3) is 0 Å². The Kier molecular flexibility index (Phi) is 5.38. The molecule has 110 valence electrons. The van der Waals surface area contributed by atoms with Crippen LogP contribution in [0.15, 0.2) is 24.3 Å². The molecule has 1 amide bonds. The van der Waals surface area contributed by atoms with Crippen LogP contribution in [0.5, 0.6) is 5.75 Å². The number of nitrogens with zero attached hydrogens (tertiary/aromatic N) is 2. The van der Waals surface area contributed by atoms with E-state index in [1.165, 1.54) is 0 Å². The molecule has 0 aromatic heterocycles. The largest absolute Gasteiger partial charge is 0.508 e. The second-order valence-corrected chi connectivity index (χ2v) is 5.11. The van der Waals surface area contributed by atoms with Gasteiger partial charge in [0.1, 0.15) is 5.75 Å². The highest BCUT2D eigenvalue weighted by Gasteiger charge is 2.21. The van der Waals surface area contributed by atoms with Crippen LogP contribution in [0.2, 0.25) is 0 Å². The van der Waals surface area contributed by atoms with E-state index in [9.17, 15) is 9.90 Å². The fourth-order valence-corrected chi connectivity index (χ4v) is 2.47. The third-order valence-electron chi connectivity index (χ3n) is 3.50. The van der Waals surface area contributed by atoms with E-state index in [1.54, 1.807) is 19.2 Å². The van der Waals surface area contributed by atoms with Crippen molar-refractivity contribution in [2.45, 2.75) is 13.0 Å². The summed E-state index contributed by atoms with van der Waals surface area (Å²) in [7, 11) is 1.65. The van der Waals surface area contributed by atoms with Gasteiger partial charge in [0, 0.05) is 33.3 Å². The van der Waals surface area contributed by atoms with E-state index in [0.717, 1.165) is 25.1 Å². The van der Waals surface area contributed by atoms with E-state index in [-0.39, 0.29) is 11.7 Å². The van der Waals surface area contributed by atoms with Crippen LogP contribution in [-0.4, -0.2) is 60.7 Å². The van der Waals surface area contributed by atoms with Crippen molar-refractivity contribution in [3.63, 3.8) is 0 Å². The summed E-state index contributed by atoms with van der Waals surface area (Å²) in [6.07, 6.45) is 0.967. The highest BCUT2D eigenvalue weighted by Crippen LogP contribution is 2.14. The molecule has 0 bridgehead atoms. The topological polar surface area (TPSA) is 53.0 Å². The van der Waals surface area contributed by atoms with E-state index in [2.05, 4.69) is 4.90 Å². The highest BCUT2D eigenvalue weighted by atomic mass is 16.5. The van der Waals surface area contributed by atoms with Gasteiger partial charge >= 0.3 is 0 Å². The average molecular weight is 278 g/mol. The van der Waals surface area contributed by atoms with Gasteiger partial charge in [-0.15, -0.1) is 0 Å². The second-order valence-electron chi connectivity index (χ2n) is 5.11. The van der Waals surface area contributed by atoms with Gasteiger partial charge in [0.15, 0.2) is 0 Å². The molecule has 0 aliphatic carbocycles. The maximum atomic E-state index is 12.2. The lowest BCUT2D eigenvalue weighted by Gasteiger charge is -2.21. The normalized spacial score (nSPS) is 17.2. The molecule has 0 saturated carbocycles. The van der Waals surface area contributed by atoms with E-state index in [0.29, 0.717) is 26.2 Å². The summed E-state index contributed by atoms with van der Waals surface area (Å²) in [5.74, 6) is 0.421. The molecule has 2 rings (SSSR count). The molecule has 0 unspecified atom stereocenters. The van der Waals surface area contributed by atoms with Crippen LogP contribution >= 0.6 is 0 Å². The Morgan fingerprint density at radius 2 is 2.20 bits per heavy atom. The monoisotopic (exact) mass is 278 g/mol. The molecule has 0 radical (unpaired) electrons. The average Bonchev–Trinajstić information content (AvgIpc) is 2.58. The molecule has 20 heavy (non-hydrogen) atoms. The fourth-order valence-electron chi connectivity index (χ4n) is 2.47. The first-order valence-electron chi connectivity index (χ1n) is 6.96. The minimum Gasteiger partial charge on any atom is -0.508 e. The third-order valence-corrected chi connectivity index (χ3v) is 3.50. The van der Waals surface area contributed by atoms with Crippen molar-refractivity contribution in [2.24, 2.45) is 0 Å². The Morgan fingerprint density at radius 1 is 1.35 bits per heavy atom. The van der Waals surface area contributed by atoms with Crippen LogP contribution in [-0.2, 0) is 16.1 Å². The standard InChI is InChI=1S/C15H22N2O3/c1-20-9-8-17-7-3-6-16(12-15(17)19)11-13-4-2-5-14(18)10-13/h2,4-5,10,18H,3,6-9,11-12H2,1H3. The number of phenolic OH excluding ortho intramolecular Hbond substituents is 1. The minimum absolute atomic E-state index is 0.153. The summed E-state index contributed by atoms with van der Waals surface area (Å²) >= 11 is 0. The van der Waals surface area contributed by atoms with E-state index in [1.807, 2.05) is 17.0 Å². The Hall–Kier alpha value is -1.59. The molecule has 0 atom stereocenters. The molecule has 1 fully saturated rings. The first-order valence-corrected chi connectivity index (χ1v) is 6.96. The number of benzene rings is 1. The zero-order valence-electron chi connectivity index (χ0n) is 11.9. The van der Waals surface area contributed by atoms with Crippen molar-refractivity contribution in [3.8, 4) is 5.75 Å². The number of carbonyl (C=O) groups excluding carboxylic acids is 1. The zero-order valence-corrected chi connectivity index (χ0v) is 11.9. The number of methoxy groups -OCH3 is 1. The molecular formula is C15H22N2O3. The van der Waals surface area contributed by atoms with Crippen molar-refractivity contribution < 1.29 is 14.6 Å². The van der Waals surface area contributed by atoms with Crippen molar-refractivity contribution in [3.05, 3.63) is 29.8 Å². The van der Waals surface area contributed by atoms with Crippen LogP contribution < -0.4 is 0 Å². The molecular weight excluding hydrogens is 256 g/mol. The molecule has 1 aliphatic rings. The van der Waals surface area contributed by atoms with Gasteiger partial charge < -0.3 is 14.7 Å². The predicted molar refractivity (Wildman–Crippen MR) is 76.5 cm³/mol. The second kappa shape index (κ2) is 7.26. The van der Waals surface area contributed by atoms with Gasteiger partial charge in [0.05, 0.1) is 13.2 Å². The molecule has 0 spiro atoms. The van der Waals surface area contributed by atoms with Gasteiger partial charge in [-0.1, -0.05) is 12.1 Å². The number of ether oxygens (including phenoxy) is 1. The Balaban J connectivity index is 1.92. The number of carbonyl (C=O) groups is 1. The van der Waals surface area contributed by atoms with Crippen molar-refractivity contribution >= 4 is 5.91 Å². The van der Waals surface area contributed by atoms with E-state index in [4.69, 9.17) is 4.74 Å². The quantitative estimate of drug-likeness (QED) is 0.875. The number of hydrogen-bond donors (Lipinski definition) is 1. The Morgan fingerprint density at radius 3 is 2.95 bits per heavy atom. The fraction of sp³-hybridized carbons (Fsp3) is 0.533. The van der Waals surface area contributed by atoms with Gasteiger partial charge in [-0.2, -0.15) is 0 Å². The molecule has 5 nitrogen and oxygen atoms in total. The van der Waals surface area contributed by atoms with Crippen LogP contribution in [0.25, 0.3) is 0 Å². The molecule has 1 heterocycles. The Bertz CT molecular complexity index is 450. The Labute approximate surface area is 119 Å². The summed E-state index contributed by atoms with van der Waals surface area (Å²) in [6, 6.07) is 7.20. The summed E-state index contributed by atoms with van der Waals surface area (Å²) in [5, 5.41) is 9.48.